The summed E-state index contributed by atoms with van der Waals surface area (Å²) >= 11 is 0. The Hall–Kier alpha value is -4.62. The predicted octanol–water partition coefficient (Wildman–Crippen LogP) is 3.72. The summed E-state index contributed by atoms with van der Waals surface area (Å²) < 4.78 is 15.4. The molecule has 5 heterocycles. The van der Waals surface area contributed by atoms with E-state index in [0.717, 1.165) is 41.2 Å². The van der Waals surface area contributed by atoms with Crippen molar-refractivity contribution in [3.8, 4) is 23.5 Å². The molecule has 9 nitrogen and oxygen atoms in total. The molecule has 3 aliphatic rings. The highest BCUT2D eigenvalue weighted by atomic mass is 19.1. The summed E-state index contributed by atoms with van der Waals surface area (Å²) in [5, 5.41) is 15.9. The maximum atomic E-state index is 14.1. The number of nitrogens with one attached hydrogen (secondary N) is 2. The van der Waals surface area contributed by atoms with Crippen LogP contribution in [0.1, 0.15) is 28.8 Å². The third-order valence-electron chi connectivity index (χ3n) is 8.97. The van der Waals surface area contributed by atoms with Crippen LogP contribution in [0.5, 0.6) is 0 Å². The first-order valence-corrected chi connectivity index (χ1v) is 14.0. The summed E-state index contributed by atoms with van der Waals surface area (Å²) in [4.78, 5) is 34.2. The smallest absolute Gasteiger partial charge is 0.341 e. The highest BCUT2D eigenvalue weighted by Gasteiger charge is 2.44. The van der Waals surface area contributed by atoms with Gasteiger partial charge in [0.2, 0.25) is 0 Å². The zero-order chi connectivity index (χ0) is 29.7. The number of fused-ring (bicyclic) bond motifs is 3. The summed E-state index contributed by atoms with van der Waals surface area (Å²) in [6, 6.07) is 7.22. The van der Waals surface area contributed by atoms with E-state index in [9.17, 15) is 19.1 Å². The number of anilines is 2. The molecule has 42 heavy (non-hydrogen) atoms. The largest absolute Gasteiger partial charge is 0.477 e. The molecule has 3 N–H and O–H groups in total. The summed E-state index contributed by atoms with van der Waals surface area (Å²) in [5.74, 6) is 1.87. The molecule has 10 heteroatoms. The first-order valence-electron chi connectivity index (χ1n) is 14.0. The van der Waals surface area contributed by atoms with Crippen molar-refractivity contribution in [2.75, 3.05) is 44.4 Å². The van der Waals surface area contributed by atoms with Gasteiger partial charge in [-0.3, -0.25) is 9.20 Å². The van der Waals surface area contributed by atoms with Gasteiger partial charge in [0.25, 0.3) is 5.56 Å². The maximum Gasteiger partial charge on any atom is 0.341 e. The molecule has 2 aliphatic heterocycles. The molecule has 3 aromatic heterocycles. The number of pyridine rings is 3. The van der Waals surface area contributed by atoms with Gasteiger partial charge in [0.1, 0.15) is 11.4 Å². The zero-order valence-electron chi connectivity index (χ0n) is 23.8. The Bertz CT molecular complexity index is 1770. The van der Waals surface area contributed by atoms with Gasteiger partial charge in [0, 0.05) is 79.0 Å². The molecule has 6 rings (SSSR count). The summed E-state index contributed by atoms with van der Waals surface area (Å²) in [5.41, 5.74) is 4.63. The SMILES string of the molecule is C#C/C(F)=C\C(NC)=C1/Cc2c(ncc(-c3ccc4ccc(C(=O)O)c(=O)n4c3)c2N2C[C@H]3CC[C@@H](N(C)C)[C@H]3C2)N1. The van der Waals surface area contributed by atoms with E-state index in [1.807, 2.05) is 18.1 Å². The molecule has 216 valence electrons. The van der Waals surface area contributed by atoms with Crippen molar-refractivity contribution in [3.63, 3.8) is 0 Å². The van der Waals surface area contributed by atoms with Gasteiger partial charge in [0.05, 0.1) is 11.4 Å². The molecule has 0 unspecified atom stereocenters. The fourth-order valence-electron chi connectivity index (χ4n) is 6.97. The second kappa shape index (κ2) is 10.7. The van der Waals surface area contributed by atoms with Gasteiger partial charge in [-0.2, -0.15) is 4.39 Å². The van der Waals surface area contributed by atoms with Crippen LogP contribution in [0.4, 0.5) is 15.9 Å². The van der Waals surface area contributed by atoms with Crippen LogP contribution in [0.2, 0.25) is 0 Å². The van der Waals surface area contributed by atoms with Crippen LogP contribution in [0.15, 0.2) is 64.8 Å². The molecular formula is C32H33FN6O3. The molecule has 0 radical (unpaired) electrons. The lowest BCUT2D eigenvalue weighted by atomic mass is 9.97. The minimum atomic E-state index is -1.26. The number of hydrogen-bond donors (Lipinski definition) is 3. The Morgan fingerprint density at radius 1 is 1.26 bits per heavy atom. The van der Waals surface area contributed by atoms with E-state index >= 15 is 0 Å². The highest BCUT2D eigenvalue weighted by molar-refractivity contribution is 5.88. The number of carbonyl (C=O) groups is 1. The van der Waals surface area contributed by atoms with Crippen molar-refractivity contribution in [2.24, 2.45) is 11.8 Å². The Morgan fingerprint density at radius 3 is 2.76 bits per heavy atom. The van der Waals surface area contributed by atoms with Crippen molar-refractivity contribution < 1.29 is 14.3 Å². The van der Waals surface area contributed by atoms with Crippen molar-refractivity contribution in [1.82, 2.24) is 19.6 Å². The van der Waals surface area contributed by atoms with Crippen LogP contribution in [-0.2, 0) is 6.42 Å². The lowest BCUT2D eigenvalue weighted by Crippen LogP contribution is -2.35. The van der Waals surface area contributed by atoms with Crippen LogP contribution in [-0.4, -0.2) is 65.6 Å². The number of aromatic carboxylic acids is 1. The quantitative estimate of drug-likeness (QED) is 0.387. The summed E-state index contributed by atoms with van der Waals surface area (Å²) in [6.45, 7) is 1.79. The lowest BCUT2D eigenvalue weighted by molar-refractivity contribution is 0.0694. The maximum absolute atomic E-state index is 14.1. The minimum absolute atomic E-state index is 0.287. The standard InChI is InChI=1S/C32H33FN6O3/c1-5-20(33)12-26(34-2)27-13-23-29(38-15-18-7-11-28(37(3)4)25(18)17-38)24(14-35-30(23)36-27)19-6-8-21-9-10-22(32(41)42)31(40)39(21)16-19/h1,6,8-10,12,14,16,18,25,28,34H,7,11,13,15,17H2,2-4H3,(H,35,36)(H,41,42)/b20-12+,27-26-/t18-,25+,28-/m1/s1. The van der Waals surface area contributed by atoms with Crippen LogP contribution in [0.25, 0.3) is 16.6 Å². The fourth-order valence-corrected chi connectivity index (χ4v) is 6.97. The fraction of sp³-hybridized carbons (Fsp3) is 0.344. The molecule has 0 bridgehead atoms. The molecule has 3 aromatic rings. The normalized spacial score (nSPS) is 22.6. The predicted molar refractivity (Wildman–Crippen MR) is 161 cm³/mol. The Balaban J connectivity index is 1.51. The van der Waals surface area contributed by atoms with Gasteiger partial charge in [0.15, 0.2) is 5.83 Å². The number of allylic oxidation sites excluding steroid dienone is 3. The van der Waals surface area contributed by atoms with E-state index in [0.29, 0.717) is 41.3 Å². The second-order valence-corrected chi connectivity index (χ2v) is 11.4. The summed E-state index contributed by atoms with van der Waals surface area (Å²) in [7, 11) is 6.01. The molecule has 2 fully saturated rings. The lowest BCUT2D eigenvalue weighted by Gasteiger charge is -2.29. The molecule has 1 saturated heterocycles. The van der Waals surface area contributed by atoms with Crippen LogP contribution >= 0.6 is 0 Å². The monoisotopic (exact) mass is 568 g/mol. The number of carboxylic acids is 1. The number of rotatable bonds is 6. The third kappa shape index (κ3) is 4.60. The first-order chi connectivity index (χ1) is 20.2. The minimum Gasteiger partial charge on any atom is -0.477 e. The molecule has 3 atom stereocenters. The van der Waals surface area contributed by atoms with Gasteiger partial charge >= 0.3 is 5.97 Å². The molecule has 0 aromatic carbocycles. The van der Waals surface area contributed by atoms with Crippen molar-refractivity contribution in [3.05, 3.63) is 81.4 Å². The summed E-state index contributed by atoms with van der Waals surface area (Å²) in [6.07, 6.45) is 12.9. The average Bonchev–Trinajstić information content (AvgIpc) is 3.69. The number of likely N-dealkylation sites (N-methyl/N-ethyl adjacent to an activating group) is 1. The number of terminal acetylenes is 1. The number of nitrogens with zero attached hydrogens (tertiary/aromatic N) is 4. The molecule has 0 spiro atoms. The highest BCUT2D eigenvalue weighted by Crippen LogP contribution is 2.47. The van der Waals surface area contributed by atoms with Crippen molar-refractivity contribution in [1.29, 1.82) is 0 Å². The average molecular weight is 569 g/mol. The van der Waals surface area contributed by atoms with E-state index in [-0.39, 0.29) is 5.56 Å². The Morgan fingerprint density at radius 2 is 2.05 bits per heavy atom. The van der Waals surface area contributed by atoms with Gasteiger partial charge in [-0.15, -0.1) is 6.42 Å². The van der Waals surface area contributed by atoms with E-state index < -0.39 is 17.4 Å². The van der Waals surface area contributed by atoms with Crippen LogP contribution in [0.3, 0.4) is 0 Å². The van der Waals surface area contributed by atoms with Gasteiger partial charge in [-0.25, -0.2) is 9.78 Å². The number of carboxylic acid groups (broad SMARTS) is 1. The number of halogens is 1. The Kier molecular flexibility index (Phi) is 6.99. The first kappa shape index (κ1) is 27.5. The van der Waals surface area contributed by atoms with E-state index in [1.54, 1.807) is 25.5 Å². The van der Waals surface area contributed by atoms with Crippen molar-refractivity contribution >= 4 is 23.0 Å². The molecule has 1 saturated carbocycles. The molecular weight excluding hydrogens is 535 g/mol. The van der Waals surface area contributed by atoms with Crippen LogP contribution in [0, 0.1) is 24.2 Å². The third-order valence-corrected chi connectivity index (χ3v) is 8.97. The second-order valence-electron chi connectivity index (χ2n) is 11.4. The molecule has 0 amide bonds. The van der Waals surface area contributed by atoms with Crippen LogP contribution < -0.4 is 21.1 Å². The van der Waals surface area contributed by atoms with Crippen molar-refractivity contribution in [2.45, 2.75) is 25.3 Å². The Labute approximate surface area is 243 Å². The zero-order valence-corrected chi connectivity index (χ0v) is 23.8. The van der Waals surface area contributed by atoms with E-state index in [2.05, 4.69) is 34.5 Å². The van der Waals surface area contributed by atoms with E-state index in [1.165, 1.54) is 29.4 Å². The topological polar surface area (TPSA) is 102 Å². The van der Waals surface area contributed by atoms with Gasteiger partial charge < -0.3 is 25.5 Å². The van der Waals surface area contributed by atoms with E-state index in [4.69, 9.17) is 11.4 Å². The van der Waals surface area contributed by atoms with Gasteiger partial charge in [-0.1, -0.05) is 6.07 Å². The van der Waals surface area contributed by atoms with Gasteiger partial charge in [-0.05, 0) is 62.9 Å². The number of hydrogen-bond acceptors (Lipinski definition) is 7. The number of aromatic nitrogens is 2. The molecule has 1 aliphatic carbocycles.